The van der Waals surface area contributed by atoms with E-state index in [1.54, 1.807) is 0 Å². The van der Waals surface area contributed by atoms with E-state index in [0.29, 0.717) is 5.82 Å². The molecule has 2 heterocycles. The van der Waals surface area contributed by atoms with Gasteiger partial charge in [0, 0.05) is 29.6 Å². The maximum Gasteiger partial charge on any atom is 0.257 e. The number of nitrogens with one attached hydrogen (secondary N) is 3. The van der Waals surface area contributed by atoms with Gasteiger partial charge < -0.3 is 10.6 Å². The molecular weight excluding hydrogens is 264 g/mol. The summed E-state index contributed by atoms with van der Waals surface area (Å²) in [6.45, 7) is 3.08. The fourth-order valence-electron chi connectivity index (χ4n) is 2.73. The molecule has 3 N–H and O–H groups in total. The van der Waals surface area contributed by atoms with Crippen LogP contribution in [0.4, 0.5) is 11.5 Å². The number of anilines is 2. The average Bonchev–Trinajstić information content (AvgIpc) is 2.94. The molecule has 0 fully saturated rings. The Kier molecular flexibility index (Phi) is 3.90. The maximum atomic E-state index is 12.5. The van der Waals surface area contributed by atoms with Gasteiger partial charge in [0.25, 0.3) is 5.91 Å². The Bertz CT molecular complexity index is 647. The van der Waals surface area contributed by atoms with Gasteiger partial charge in [0.2, 0.25) is 0 Å². The first-order valence-electron chi connectivity index (χ1n) is 7.49. The van der Waals surface area contributed by atoms with Crippen LogP contribution in [-0.2, 0) is 12.8 Å². The van der Waals surface area contributed by atoms with E-state index in [0.717, 1.165) is 54.7 Å². The third-order valence-electron chi connectivity index (χ3n) is 3.73. The van der Waals surface area contributed by atoms with Crippen molar-refractivity contribution in [3.05, 3.63) is 41.1 Å². The van der Waals surface area contributed by atoms with Crippen LogP contribution in [0.3, 0.4) is 0 Å². The van der Waals surface area contributed by atoms with E-state index in [1.807, 2.05) is 24.3 Å². The van der Waals surface area contributed by atoms with Crippen LogP contribution in [0.25, 0.3) is 0 Å². The number of benzene rings is 1. The number of fused-ring (bicyclic) bond motifs is 1. The fraction of sp³-hybridized carbons (Fsp3) is 0.375. The van der Waals surface area contributed by atoms with E-state index in [-0.39, 0.29) is 5.91 Å². The first kappa shape index (κ1) is 13.7. The summed E-state index contributed by atoms with van der Waals surface area (Å²) in [6.07, 6.45) is 3.98. The molecule has 0 bridgehead atoms. The number of nitrogens with zero attached hydrogens (tertiary/aromatic N) is 1. The van der Waals surface area contributed by atoms with E-state index in [1.165, 1.54) is 0 Å². The van der Waals surface area contributed by atoms with Crippen molar-refractivity contribution < 1.29 is 4.79 Å². The van der Waals surface area contributed by atoms with Crippen molar-refractivity contribution in [1.82, 2.24) is 10.2 Å². The molecule has 1 aromatic carbocycles. The minimum absolute atomic E-state index is 0.0925. The molecule has 5 nitrogen and oxygen atoms in total. The number of H-pyrrole nitrogens is 1. The first-order chi connectivity index (χ1) is 10.3. The van der Waals surface area contributed by atoms with Crippen molar-refractivity contribution in [3.8, 4) is 0 Å². The van der Waals surface area contributed by atoms with Crippen LogP contribution in [-0.4, -0.2) is 22.6 Å². The smallest absolute Gasteiger partial charge is 0.257 e. The Morgan fingerprint density at radius 2 is 2.33 bits per heavy atom. The van der Waals surface area contributed by atoms with Crippen LogP contribution >= 0.6 is 0 Å². The van der Waals surface area contributed by atoms with Gasteiger partial charge in [-0.3, -0.25) is 9.89 Å². The monoisotopic (exact) mass is 284 g/mol. The summed E-state index contributed by atoms with van der Waals surface area (Å²) in [5.41, 5.74) is 3.96. The minimum atomic E-state index is -0.0925. The fourth-order valence-corrected chi connectivity index (χ4v) is 2.73. The lowest BCUT2D eigenvalue weighted by molar-refractivity contribution is 0.102. The van der Waals surface area contributed by atoms with Gasteiger partial charge in [-0.1, -0.05) is 19.4 Å². The number of hydrogen-bond acceptors (Lipinski definition) is 3. The summed E-state index contributed by atoms with van der Waals surface area (Å²) in [5.74, 6) is 0.495. The van der Waals surface area contributed by atoms with E-state index >= 15 is 0 Å². The van der Waals surface area contributed by atoms with Gasteiger partial charge >= 0.3 is 0 Å². The normalized spacial score (nSPS) is 13.4. The molecule has 0 aliphatic carbocycles. The highest BCUT2D eigenvalue weighted by atomic mass is 16.1. The third-order valence-corrected chi connectivity index (χ3v) is 3.73. The van der Waals surface area contributed by atoms with Crippen LogP contribution in [0.5, 0.6) is 0 Å². The second kappa shape index (κ2) is 5.99. The quantitative estimate of drug-likeness (QED) is 0.808. The predicted octanol–water partition coefficient (Wildman–Crippen LogP) is 2.97. The van der Waals surface area contributed by atoms with E-state index in [2.05, 4.69) is 27.8 Å². The summed E-state index contributed by atoms with van der Waals surface area (Å²) >= 11 is 0. The number of amides is 1. The zero-order chi connectivity index (χ0) is 14.7. The second-order valence-electron chi connectivity index (χ2n) is 5.34. The molecule has 5 heteroatoms. The zero-order valence-electron chi connectivity index (χ0n) is 12.2. The highest BCUT2D eigenvalue weighted by molar-refractivity contribution is 6.05. The molecule has 0 unspecified atom stereocenters. The molecule has 3 rings (SSSR count). The molecule has 21 heavy (non-hydrogen) atoms. The van der Waals surface area contributed by atoms with Gasteiger partial charge in [-0.05, 0) is 37.0 Å². The average molecular weight is 284 g/mol. The topological polar surface area (TPSA) is 69.8 Å². The molecule has 1 aliphatic rings. The number of aromatic nitrogens is 2. The Balaban J connectivity index is 1.79. The number of carbonyl (C=O) groups excluding carboxylic acids is 1. The Labute approximate surface area is 124 Å². The molecule has 1 aromatic heterocycles. The minimum Gasteiger partial charge on any atom is -0.385 e. The Hall–Kier alpha value is -2.30. The summed E-state index contributed by atoms with van der Waals surface area (Å²) in [4.78, 5) is 12.5. The van der Waals surface area contributed by atoms with Crippen molar-refractivity contribution in [2.24, 2.45) is 0 Å². The largest absolute Gasteiger partial charge is 0.385 e. The van der Waals surface area contributed by atoms with Crippen LogP contribution in [0.15, 0.2) is 24.3 Å². The van der Waals surface area contributed by atoms with Crippen molar-refractivity contribution in [2.45, 2.75) is 32.6 Å². The molecule has 0 saturated heterocycles. The number of aromatic amines is 1. The summed E-state index contributed by atoms with van der Waals surface area (Å²) in [7, 11) is 0. The maximum absolute atomic E-state index is 12.5. The molecular formula is C16H20N4O. The number of rotatable bonds is 4. The number of aryl methyl sites for hydroxylation is 1. The van der Waals surface area contributed by atoms with Crippen molar-refractivity contribution in [2.75, 3.05) is 17.2 Å². The number of carbonyl (C=O) groups is 1. The van der Waals surface area contributed by atoms with Crippen LogP contribution in [0, 0.1) is 0 Å². The lowest BCUT2D eigenvalue weighted by Gasteiger charge is -2.20. The van der Waals surface area contributed by atoms with Gasteiger partial charge in [0.15, 0.2) is 5.82 Å². The highest BCUT2D eigenvalue weighted by Gasteiger charge is 2.18. The molecule has 0 radical (unpaired) electrons. The zero-order valence-corrected chi connectivity index (χ0v) is 12.2. The number of hydrogen-bond donors (Lipinski definition) is 3. The van der Waals surface area contributed by atoms with Gasteiger partial charge in [-0.25, -0.2) is 0 Å². The predicted molar refractivity (Wildman–Crippen MR) is 83.8 cm³/mol. The van der Waals surface area contributed by atoms with E-state index < -0.39 is 0 Å². The Morgan fingerprint density at radius 3 is 3.19 bits per heavy atom. The van der Waals surface area contributed by atoms with Crippen LogP contribution in [0.1, 0.15) is 41.4 Å². The van der Waals surface area contributed by atoms with Gasteiger partial charge in [0.1, 0.15) is 0 Å². The molecule has 2 aromatic rings. The highest BCUT2D eigenvalue weighted by Crippen LogP contribution is 2.25. The van der Waals surface area contributed by atoms with Gasteiger partial charge in [-0.2, -0.15) is 5.10 Å². The molecule has 0 atom stereocenters. The van der Waals surface area contributed by atoms with E-state index in [4.69, 9.17) is 0 Å². The van der Waals surface area contributed by atoms with Crippen LogP contribution in [0.2, 0.25) is 0 Å². The summed E-state index contributed by atoms with van der Waals surface area (Å²) in [6, 6.07) is 7.72. The van der Waals surface area contributed by atoms with Crippen molar-refractivity contribution in [1.29, 1.82) is 0 Å². The SMILES string of the molecule is CCCc1cc(NC(=O)c2cccc3c2CCCN3)n[nH]1. The summed E-state index contributed by atoms with van der Waals surface area (Å²) in [5, 5.41) is 13.3. The van der Waals surface area contributed by atoms with Crippen LogP contribution < -0.4 is 10.6 Å². The van der Waals surface area contributed by atoms with Gasteiger partial charge in [-0.15, -0.1) is 0 Å². The standard InChI is InChI=1S/C16H20N4O/c1-2-5-11-10-15(20-19-11)18-16(21)13-6-3-8-14-12(13)7-4-9-17-14/h3,6,8,10,17H,2,4-5,7,9H2,1H3,(H2,18,19,20,21). The molecule has 1 amide bonds. The van der Waals surface area contributed by atoms with Gasteiger partial charge in [0.05, 0.1) is 0 Å². The molecule has 0 spiro atoms. The van der Waals surface area contributed by atoms with Crippen molar-refractivity contribution >= 4 is 17.4 Å². The lowest BCUT2D eigenvalue weighted by Crippen LogP contribution is -2.19. The van der Waals surface area contributed by atoms with Crippen molar-refractivity contribution in [3.63, 3.8) is 0 Å². The lowest BCUT2D eigenvalue weighted by atomic mass is 9.97. The second-order valence-corrected chi connectivity index (χ2v) is 5.34. The Morgan fingerprint density at radius 1 is 1.43 bits per heavy atom. The first-order valence-corrected chi connectivity index (χ1v) is 7.49. The molecule has 1 aliphatic heterocycles. The molecule has 0 saturated carbocycles. The molecule has 110 valence electrons. The third kappa shape index (κ3) is 2.91. The van der Waals surface area contributed by atoms with E-state index in [9.17, 15) is 4.79 Å². The summed E-state index contributed by atoms with van der Waals surface area (Å²) < 4.78 is 0.